The summed E-state index contributed by atoms with van der Waals surface area (Å²) < 4.78 is 4.97. The lowest BCUT2D eigenvalue weighted by molar-refractivity contribution is 0.139. The number of carbonyl (C=O) groups excluding carboxylic acids is 1. The van der Waals surface area contributed by atoms with Gasteiger partial charge in [0.25, 0.3) is 0 Å². The molecule has 0 spiro atoms. The van der Waals surface area contributed by atoms with Gasteiger partial charge in [-0.25, -0.2) is 4.79 Å². The van der Waals surface area contributed by atoms with E-state index in [4.69, 9.17) is 4.74 Å². The van der Waals surface area contributed by atoms with Gasteiger partial charge in [-0.3, -0.25) is 0 Å². The molecule has 1 aromatic rings. The first-order chi connectivity index (χ1) is 7.97. The summed E-state index contributed by atoms with van der Waals surface area (Å²) in [5.74, 6) is 0. The quantitative estimate of drug-likeness (QED) is 0.791. The number of ether oxygens (including phenoxy) is 1. The number of hydrogen-bond acceptors (Lipinski definition) is 3. The van der Waals surface area contributed by atoms with Crippen LogP contribution in [0.2, 0.25) is 0 Å². The van der Waals surface area contributed by atoms with Crippen molar-refractivity contribution in [3.63, 3.8) is 0 Å². The van der Waals surface area contributed by atoms with E-state index in [2.05, 4.69) is 24.0 Å². The molecule has 1 aromatic carbocycles. The third kappa shape index (κ3) is 6.89. The Balaban J connectivity index is 2.18. The van der Waals surface area contributed by atoms with Crippen molar-refractivity contribution in [1.29, 1.82) is 0 Å². The van der Waals surface area contributed by atoms with E-state index < -0.39 is 6.09 Å². The van der Waals surface area contributed by atoms with Crippen molar-refractivity contribution in [2.45, 2.75) is 31.6 Å². The summed E-state index contributed by atoms with van der Waals surface area (Å²) in [6.45, 7) is 4.86. The molecular formula is C13H18NO2S. The van der Waals surface area contributed by atoms with Gasteiger partial charge in [0.1, 0.15) is 6.61 Å². The molecule has 0 bridgehead atoms. The maximum Gasteiger partial charge on any atom is 0.407 e. The van der Waals surface area contributed by atoms with Gasteiger partial charge in [-0.15, -0.1) is 0 Å². The number of thiol groups is 1. The number of benzene rings is 1. The molecule has 0 atom stereocenters. The Labute approximate surface area is 108 Å². The first kappa shape index (κ1) is 13.9. The minimum absolute atomic E-state index is 0.0808. The number of nitrogens with one attached hydrogen (secondary N) is 1. The van der Waals surface area contributed by atoms with E-state index in [0.717, 1.165) is 12.0 Å². The highest BCUT2D eigenvalue weighted by atomic mass is 32.1. The summed E-state index contributed by atoms with van der Waals surface area (Å²) in [6.07, 6.45) is 0.404. The van der Waals surface area contributed by atoms with E-state index >= 15 is 0 Å². The Bertz CT molecular complexity index is 346. The summed E-state index contributed by atoms with van der Waals surface area (Å²) in [6, 6.07) is 10.2. The van der Waals surface area contributed by atoms with Gasteiger partial charge in [0.2, 0.25) is 0 Å². The molecule has 1 N–H and O–H groups in total. The van der Waals surface area contributed by atoms with E-state index in [1.54, 1.807) is 12.1 Å². The van der Waals surface area contributed by atoms with Crippen LogP contribution in [-0.2, 0) is 11.3 Å². The molecule has 1 rings (SSSR count). The molecule has 0 aliphatic carbocycles. The van der Waals surface area contributed by atoms with Gasteiger partial charge in [0.15, 0.2) is 0 Å². The van der Waals surface area contributed by atoms with Crippen molar-refractivity contribution in [2.75, 3.05) is 6.54 Å². The molecule has 0 saturated carbocycles. The van der Waals surface area contributed by atoms with Gasteiger partial charge >= 0.3 is 6.09 Å². The number of hydrogen-bond donors (Lipinski definition) is 2. The van der Waals surface area contributed by atoms with E-state index in [9.17, 15) is 4.79 Å². The Kier molecular flexibility index (Phi) is 5.35. The van der Waals surface area contributed by atoms with E-state index in [1.807, 2.05) is 26.0 Å². The van der Waals surface area contributed by atoms with Crippen molar-refractivity contribution in [3.05, 3.63) is 35.9 Å². The zero-order chi connectivity index (χ0) is 12.7. The zero-order valence-electron chi connectivity index (χ0n) is 10.2. The van der Waals surface area contributed by atoms with Crippen LogP contribution in [0.4, 0.5) is 4.79 Å². The van der Waals surface area contributed by atoms with Crippen LogP contribution in [0.3, 0.4) is 0 Å². The summed E-state index contributed by atoms with van der Waals surface area (Å²) in [7, 11) is 0. The molecule has 4 heteroatoms. The Morgan fingerprint density at radius 2 is 2.12 bits per heavy atom. The van der Waals surface area contributed by atoms with Gasteiger partial charge in [-0.2, -0.15) is 12.6 Å². The van der Waals surface area contributed by atoms with E-state index in [-0.39, 0.29) is 11.4 Å². The van der Waals surface area contributed by atoms with Gasteiger partial charge in [-0.05, 0) is 18.1 Å². The molecule has 0 fully saturated rings. The van der Waals surface area contributed by atoms with Crippen LogP contribution in [0.1, 0.15) is 25.8 Å². The number of carbonyl (C=O) groups is 1. The van der Waals surface area contributed by atoms with Gasteiger partial charge in [0.05, 0.1) is 0 Å². The fourth-order valence-electron chi connectivity index (χ4n) is 1.19. The molecule has 1 radical (unpaired) electrons. The molecule has 17 heavy (non-hydrogen) atoms. The highest BCUT2D eigenvalue weighted by Gasteiger charge is 2.11. The number of alkyl carbamates (subject to hydrolysis) is 1. The summed E-state index contributed by atoms with van der Waals surface area (Å²) >= 11 is 4.37. The molecule has 0 saturated heterocycles. The molecule has 0 aliphatic heterocycles. The normalized spacial score (nSPS) is 11.0. The summed E-state index contributed by atoms with van der Waals surface area (Å²) in [5, 5.41) is 2.69. The fraction of sp³-hybridized carbons (Fsp3) is 0.462. The molecule has 3 nitrogen and oxygen atoms in total. The third-order valence-corrected chi connectivity index (χ3v) is 2.39. The van der Waals surface area contributed by atoms with Crippen LogP contribution in [-0.4, -0.2) is 17.4 Å². The maximum atomic E-state index is 11.3. The number of amides is 1. The van der Waals surface area contributed by atoms with E-state index in [0.29, 0.717) is 6.54 Å². The highest BCUT2D eigenvalue weighted by Crippen LogP contribution is 2.15. The first-order valence-corrected chi connectivity index (χ1v) is 6.00. The Morgan fingerprint density at radius 3 is 2.71 bits per heavy atom. The second-order valence-corrected chi connectivity index (χ2v) is 5.68. The van der Waals surface area contributed by atoms with Crippen molar-refractivity contribution >= 4 is 18.7 Å². The highest BCUT2D eigenvalue weighted by molar-refractivity contribution is 7.81. The molecule has 0 aromatic heterocycles. The molecule has 93 valence electrons. The molecule has 1 amide bonds. The van der Waals surface area contributed by atoms with Crippen LogP contribution in [0, 0.1) is 6.07 Å². The lowest BCUT2D eigenvalue weighted by Crippen LogP contribution is -2.28. The Morgan fingerprint density at radius 1 is 1.47 bits per heavy atom. The lowest BCUT2D eigenvalue weighted by atomic mass is 10.1. The molecule has 0 heterocycles. The monoisotopic (exact) mass is 252 g/mol. The first-order valence-electron chi connectivity index (χ1n) is 5.55. The topological polar surface area (TPSA) is 38.3 Å². The zero-order valence-corrected chi connectivity index (χ0v) is 11.1. The molecule has 0 aliphatic rings. The fourth-order valence-corrected chi connectivity index (χ4v) is 1.30. The SMILES string of the molecule is CC(C)(S)CCNC(=O)OCc1cc[c]cc1. The van der Waals surface area contributed by atoms with Crippen LogP contribution in [0.15, 0.2) is 24.3 Å². The average Bonchev–Trinajstić information content (AvgIpc) is 2.26. The number of rotatable bonds is 5. The Hall–Kier alpha value is -1.16. The minimum Gasteiger partial charge on any atom is -0.445 e. The summed E-state index contributed by atoms with van der Waals surface area (Å²) in [5.41, 5.74) is 0.952. The predicted molar refractivity (Wildman–Crippen MR) is 71.1 cm³/mol. The van der Waals surface area contributed by atoms with Crippen LogP contribution in [0.5, 0.6) is 0 Å². The third-order valence-electron chi connectivity index (χ3n) is 2.16. The standard InChI is InChI=1S/C13H18NO2S/c1-13(2,17)8-9-14-12(15)16-10-11-6-4-3-5-7-11/h4-7,17H,8-10H2,1-2H3,(H,14,15). The maximum absolute atomic E-state index is 11.3. The van der Waals surface area contributed by atoms with Gasteiger partial charge in [-0.1, -0.05) is 38.1 Å². The van der Waals surface area contributed by atoms with E-state index in [1.165, 1.54) is 0 Å². The van der Waals surface area contributed by atoms with Crippen molar-refractivity contribution in [1.82, 2.24) is 5.32 Å². The minimum atomic E-state index is -0.393. The van der Waals surface area contributed by atoms with Gasteiger partial charge < -0.3 is 10.1 Å². The second kappa shape index (κ2) is 6.55. The van der Waals surface area contributed by atoms with Crippen LogP contribution in [0.25, 0.3) is 0 Å². The second-order valence-electron chi connectivity index (χ2n) is 4.47. The van der Waals surface area contributed by atoms with Crippen LogP contribution < -0.4 is 5.32 Å². The van der Waals surface area contributed by atoms with Crippen molar-refractivity contribution in [3.8, 4) is 0 Å². The summed E-state index contributed by atoms with van der Waals surface area (Å²) in [4.78, 5) is 11.3. The van der Waals surface area contributed by atoms with Crippen LogP contribution >= 0.6 is 12.6 Å². The van der Waals surface area contributed by atoms with Crippen molar-refractivity contribution in [2.24, 2.45) is 0 Å². The lowest BCUT2D eigenvalue weighted by Gasteiger charge is -2.16. The average molecular weight is 252 g/mol. The molecule has 0 unspecified atom stereocenters. The smallest absolute Gasteiger partial charge is 0.407 e. The van der Waals surface area contributed by atoms with Gasteiger partial charge in [0, 0.05) is 11.3 Å². The molecular weight excluding hydrogens is 234 g/mol. The predicted octanol–water partition coefficient (Wildman–Crippen LogP) is 2.81. The largest absolute Gasteiger partial charge is 0.445 e. The van der Waals surface area contributed by atoms with Crippen molar-refractivity contribution < 1.29 is 9.53 Å².